The van der Waals surface area contributed by atoms with Gasteiger partial charge in [0.25, 0.3) is 5.91 Å². The summed E-state index contributed by atoms with van der Waals surface area (Å²) in [6.07, 6.45) is 0.586. The van der Waals surface area contributed by atoms with Crippen LogP contribution in [0.1, 0.15) is 47.3 Å². The Balaban J connectivity index is 2.08. The minimum atomic E-state index is -0.567. The summed E-state index contributed by atoms with van der Waals surface area (Å²) >= 11 is 0. The number of aryl methyl sites for hydroxylation is 1. The predicted molar refractivity (Wildman–Crippen MR) is 118 cm³/mol. The van der Waals surface area contributed by atoms with Crippen LogP contribution in [0.2, 0.25) is 0 Å². The molecule has 2 N–H and O–H groups in total. The SMILES string of the molecule is Cc1ccccc1C(=O)N[C@@H](CC(C)C)C(=O)NCc1ccccc1CN(C)C. The lowest BCUT2D eigenvalue weighted by Gasteiger charge is -2.21. The number of carbonyl (C=O) groups is 2. The first-order valence-electron chi connectivity index (χ1n) is 10.1. The Morgan fingerprint density at radius 2 is 1.59 bits per heavy atom. The third-order valence-electron chi connectivity index (χ3n) is 4.78. The van der Waals surface area contributed by atoms with Crippen LogP contribution in [0, 0.1) is 12.8 Å². The summed E-state index contributed by atoms with van der Waals surface area (Å²) in [6.45, 7) is 7.25. The molecule has 2 aromatic rings. The van der Waals surface area contributed by atoms with Crippen molar-refractivity contribution >= 4 is 11.8 Å². The van der Waals surface area contributed by atoms with Crippen LogP contribution in [0.25, 0.3) is 0 Å². The van der Waals surface area contributed by atoms with Crippen molar-refractivity contribution in [3.05, 3.63) is 70.8 Å². The Morgan fingerprint density at radius 1 is 0.966 bits per heavy atom. The van der Waals surface area contributed by atoms with Crippen LogP contribution in [0.15, 0.2) is 48.5 Å². The maximum atomic E-state index is 12.9. The standard InChI is InChI=1S/C24H33N3O2/c1-17(2)14-22(26-23(28)21-13-9-6-10-18(21)3)24(29)25-15-19-11-7-8-12-20(19)16-27(4)5/h6-13,17,22H,14-16H2,1-5H3,(H,25,29)(H,26,28)/t22-/m0/s1. The molecule has 156 valence electrons. The fourth-order valence-electron chi connectivity index (χ4n) is 3.30. The van der Waals surface area contributed by atoms with Crippen LogP contribution < -0.4 is 10.6 Å². The van der Waals surface area contributed by atoms with E-state index in [1.165, 1.54) is 5.56 Å². The zero-order valence-electron chi connectivity index (χ0n) is 18.2. The highest BCUT2D eigenvalue weighted by atomic mass is 16.2. The molecule has 0 heterocycles. The van der Waals surface area contributed by atoms with Gasteiger partial charge in [0.05, 0.1) is 0 Å². The molecule has 0 aliphatic rings. The quantitative estimate of drug-likeness (QED) is 0.683. The molecular weight excluding hydrogens is 362 g/mol. The van der Waals surface area contributed by atoms with Crippen LogP contribution in [0.5, 0.6) is 0 Å². The lowest BCUT2D eigenvalue weighted by Crippen LogP contribution is -2.47. The first-order valence-corrected chi connectivity index (χ1v) is 10.1. The van der Waals surface area contributed by atoms with E-state index in [1.807, 2.05) is 71.3 Å². The number of hydrogen-bond donors (Lipinski definition) is 2. The van der Waals surface area contributed by atoms with Crippen molar-refractivity contribution < 1.29 is 9.59 Å². The highest BCUT2D eigenvalue weighted by Gasteiger charge is 2.23. The Kier molecular flexibility index (Phi) is 8.40. The summed E-state index contributed by atoms with van der Waals surface area (Å²) in [6, 6.07) is 14.9. The summed E-state index contributed by atoms with van der Waals surface area (Å²) in [4.78, 5) is 27.7. The van der Waals surface area contributed by atoms with Crippen LogP contribution in [-0.2, 0) is 17.9 Å². The van der Waals surface area contributed by atoms with Crippen LogP contribution in [-0.4, -0.2) is 36.9 Å². The van der Waals surface area contributed by atoms with Gasteiger partial charge in [0, 0.05) is 18.7 Å². The predicted octanol–water partition coefficient (Wildman–Crippen LogP) is 3.52. The largest absolute Gasteiger partial charge is 0.350 e. The fourth-order valence-corrected chi connectivity index (χ4v) is 3.30. The molecular formula is C24H33N3O2. The van der Waals surface area contributed by atoms with Gasteiger partial charge in [-0.15, -0.1) is 0 Å². The van der Waals surface area contributed by atoms with Crippen molar-refractivity contribution in [3.63, 3.8) is 0 Å². The third kappa shape index (κ3) is 7.02. The summed E-state index contributed by atoms with van der Waals surface area (Å²) in [5, 5.41) is 5.95. The van der Waals surface area contributed by atoms with Crippen molar-refractivity contribution in [1.82, 2.24) is 15.5 Å². The molecule has 5 nitrogen and oxygen atoms in total. The maximum Gasteiger partial charge on any atom is 0.252 e. The second kappa shape index (κ2) is 10.8. The summed E-state index contributed by atoms with van der Waals surface area (Å²) in [5.74, 6) is -0.0823. The second-order valence-corrected chi connectivity index (χ2v) is 8.19. The molecule has 2 aromatic carbocycles. The van der Waals surface area contributed by atoms with E-state index in [0.29, 0.717) is 18.5 Å². The number of amides is 2. The zero-order chi connectivity index (χ0) is 21.4. The van der Waals surface area contributed by atoms with E-state index >= 15 is 0 Å². The monoisotopic (exact) mass is 395 g/mol. The topological polar surface area (TPSA) is 61.4 Å². The second-order valence-electron chi connectivity index (χ2n) is 8.19. The summed E-state index contributed by atoms with van der Waals surface area (Å²) in [5.41, 5.74) is 3.77. The van der Waals surface area contributed by atoms with Gasteiger partial charge in [-0.25, -0.2) is 0 Å². The van der Waals surface area contributed by atoms with E-state index in [1.54, 1.807) is 6.07 Å². The van der Waals surface area contributed by atoms with Gasteiger partial charge in [-0.2, -0.15) is 0 Å². The smallest absolute Gasteiger partial charge is 0.252 e. The molecule has 0 spiro atoms. The molecule has 0 aliphatic carbocycles. The lowest BCUT2D eigenvalue weighted by molar-refractivity contribution is -0.123. The zero-order valence-corrected chi connectivity index (χ0v) is 18.2. The van der Waals surface area contributed by atoms with E-state index in [4.69, 9.17) is 0 Å². The molecule has 2 rings (SSSR count). The molecule has 0 aromatic heterocycles. The lowest BCUT2D eigenvalue weighted by atomic mass is 10.0. The number of benzene rings is 2. The molecule has 0 radical (unpaired) electrons. The number of carbonyl (C=O) groups excluding carboxylic acids is 2. The minimum absolute atomic E-state index is 0.153. The molecule has 0 unspecified atom stereocenters. The average molecular weight is 396 g/mol. The number of hydrogen-bond acceptors (Lipinski definition) is 3. The van der Waals surface area contributed by atoms with E-state index in [0.717, 1.165) is 17.7 Å². The number of rotatable bonds is 9. The molecule has 5 heteroatoms. The van der Waals surface area contributed by atoms with Gasteiger partial charge in [-0.05, 0) is 56.1 Å². The third-order valence-corrected chi connectivity index (χ3v) is 4.78. The minimum Gasteiger partial charge on any atom is -0.350 e. The van der Waals surface area contributed by atoms with Crippen LogP contribution >= 0.6 is 0 Å². The van der Waals surface area contributed by atoms with Crippen molar-refractivity contribution in [2.24, 2.45) is 5.92 Å². The Bertz CT molecular complexity index is 830. The highest BCUT2D eigenvalue weighted by molar-refractivity contribution is 5.98. The van der Waals surface area contributed by atoms with E-state index in [-0.39, 0.29) is 17.7 Å². The Morgan fingerprint density at radius 3 is 2.21 bits per heavy atom. The van der Waals surface area contributed by atoms with Gasteiger partial charge in [0.2, 0.25) is 5.91 Å². The first kappa shape index (κ1) is 22.6. The Labute approximate surface area is 174 Å². The normalized spacial score (nSPS) is 12.1. The fraction of sp³-hybridized carbons (Fsp3) is 0.417. The molecule has 0 aliphatic heterocycles. The molecule has 0 saturated heterocycles. The molecule has 29 heavy (non-hydrogen) atoms. The number of nitrogens with zero attached hydrogens (tertiary/aromatic N) is 1. The van der Waals surface area contributed by atoms with Crippen molar-refractivity contribution in [2.75, 3.05) is 14.1 Å². The summed E-state index contributed by atoms with van der Waals surface area (Å²) < 4.78 is 0. The highest BCUT2D eigenvalue weighted by Crippen LogP contribution is 2.12. The maximum absolute atomic E-state index is 12.9. The molecule has 2 amide bonds. The molecule has 0 saturated carbocycles. The molecule has 0 bridgehead atoms. The summed E-state index contributed by atoms with van der Waals surface area (Å²) in [7, 11) is 4.05. The van der Waals surface area contributed by atoms with Gasteiger partial charge < -0.3 is 15.5 Å². The average Bonchev–Trinajstić information content (AvgIpc) is 2.66. The van der Waals surface area contributed by atoms with Gasteiger partial charge >= 0.3 is 0 Å². The molecule has 1 atom stereocenters. The van der Waals surface area contributed by atoms with E-state index in [2.05, 4.69) is 21.6 Å². The van der Waals surface area contributed by atoms with Crippen molar-refractivity contribution in [1.29, 1.82) is 0 Å². The molecule has 0 fully saturated rings. The van der Waals surface area contributed by atoms with E-state index in [9.17, 15) is 9.59 Å². The Hall–Kier alpha value is -2.66. The first-order chi connectivity index (χ1) is 13.8. The van der Waals surface area contributed by atoms with Crippen LogP contribution in [0.4, 0.5) is 0 Å². The van der Waals surface area contributed by atoms with Gasteiger partial charge in [-0.3, -0.25) is 9.59 Å². The van der Waals surface area contributed by atoms with Crippen LogP contribution in [0.3, 0.4) is 0 Å². The van der Waals surface area contributed by atoms with Gasteiger partial charge in [0.1, 0.15) is 6.04 Å². The van der Waals surface area contributed by atoms with Crippen molar-refractivity contribution in [2.45, 2.75) is 46.3 Å². The van der Waals surface area contributed by atoms with E-state index < -0.39 is 6.04 Å². The number of nitrogens with one attached hydrogen (secondary N) is 2. The van der Waals surface area contributed by atoms with Crippen molar-refractivity contribution in [3.8, 4) is 0 Å². The van der Waals surface area contributed by atoms with Gasteiger partial charge in [-0.1, -0.05) is 56.3 Å². The van der Waals surface area contributed by atoms with Gasteiger partial charge in [0.15, 0.2) is 0 Å².